The minimum atomic E-state index is -0.969. The first kappa shape index (κ1) is 19.2. The minimum absolute atomic E-state index is 0.00339. The molecule has 5 nitrogen and oxygen atoms in total. The number of carbonyl (C=O) groups is 2. The largest absolute Gasteiger partial charge is 0.453 e. The maximum absolute atomic E-state index is 12.1. The molecule has 0 fully saturated rings. The third kappa shape index (κ3) is 5.73. The summed E-state index contributed by atoms with van der Waals surface area (Å²) in [5.41, 5.74) is 1.04. The van der Waals surface area contributed by atoms with Crippen molar-refractivity contribution in [1.29, 1.82) is 0 Å². The molecule has 132 valence electrons. The summed E-state index contributed by atoms with van der Waals surface area (Å²) >= 11 is 11.7. The summed E-state index contributed by atoms with van der Waals surface area (Å²) in [6.45, 7) is 3.42. The molecule has 1 aromatic heterocycles. The standard InChI is InChI=1S/C18H18Cl2N2O3/c1-11(13-6-4-3-5-7-13)8-16(23)25-12(2)18(24)22-17-15(20)9-14(19)10-21-17/h3-7,9-12H,8H2,1-2H3,(H,21,22,24)/t11-,12+/m1/s1. The van der Waals surface area contributed by atoms with E-state index in [9.17, 15) is 9.59 Å². The Morgan fingerprint density at radius 1 is 1.20 bits per heavy atom. The lowest BCUT2D eigenvalue weighted by atomic mass is 9.98. The highest BCUT2D eigenvalue weighted by Gasteiger charge is 2.21. The first-order valence-corrected chi connectivity index (χ1v) is 8.48. The Labute approximate surface area is 156 Å². The molecule has 0 unspecified atom stereocenters. The number of amides is 1. The van der Waals surface area contributed by atoms with Gasteiger partial charge in [0, 0.05) is 6.20 Å². The number of rotatable bonds is 6. The van der Waals surface area contributed by atoms with Crippen LogP contribution in [0.25, 0.3) is 0 Å². The number of pyridine rings is 1. The molecule has 7 heteroatoms. The van der Waals surface area contributed by atoms with Gasteiger partial charge in [0.05, 0.1) is 16.5 Å². The van der Waals surface area contributed by atoms with Gasteiger partial charge in [0.25, 0.3) is 5.91 Å². The van der Waals surface area contributed by atoms with E-state index in [-0.39, 0.29) is 23.2 Å². The van der Waals surface area contributed by atoms with E-state index in [1.165, 1.54) is 19.2 Å². The van der Waals surface area contributed by atoms with Crippen molar-refractivity contribution in [3.8, 4) is 0 Å². The van der Waals surface area contributed by atoms with Crippen LogP contribution in [0.4, 0.5) is 5.82 Å². The third-order valence-electron chi connectivity index (χ3n) is 3.57. The van der Waals surface area contributed by atoms with Gasteiger partial charge in [-0.05, 0) is 24.5 Å². The fourth-order valence-electron chi connectivity index (χ4n) is 2.17. The Bertz CT molecular complexity index is 753. The topological polar surface area (TPSA) is 68.3 Å². The molecule has 0 radical (unpaired) electrons. The van der Waals surface area contributed by atoms with Crippen LogP contribution in [0.3, 0.4) is 0 Å². The highest BCUT2D eigenvalue weighted by molar-refractivity contribution is 6.36. The van der Waals surface area contributed by atoms with Crippen molar-refractivity contribution in [2.24, 2.45) is 0 Å². The molecule has 2 rings (SSSR count). The number of ether oxygens (including phenoxy) is 1. The van der Waals surface area contributed by atoms with Crippen molar-refractivity contribution in [2.45, 2.75) is 32.3 Å². The summed E-state index contributed by atoms with van der Waals surface area (Å²) in [7, 11) is 0. The molecule has 0 spiro atoms. The van der Waals surface area contributed by atoms with Gasteiger partial charge in [-0.3, -0.25) is 9.59 Å². The van der Waals surface area contributed by atoms with Crippen molar-refractivity contribution >= 4 is 40.9 Å². The lowest BCUT2D eigenvalue weighted by Gasteiger charge is -2.16. The average Bonchev–Trinajstić information content (AvgIpc) is 2.57. The molecule has 1 aromatic carbocycles. The normalized spacial score (nSPS) is 13.0. The molecule has 25 heavy (non-hydrogen) atoms. The molecule has 2 aromatic rings. The number of nitrogens with one attached hydrogen (secondary N) is 1. The summed E-state index contributed by atoms with van der Waals surface area (Å²) in [5, 5.41) is 3.07. The molecule has 1 heterocycles. The number of halogens is 2. The van der Waals surface area contributed by atoms with Crippen LogP contribution in [0.2, 0.25) is 10.0 Å². The zero-order valence-electron chi connectivity index (χ0n) is 13.8. The molecule has 0 saturated heterocycles. The summed E-state index contributed by atoms with van der Waals surface area (Å²) in [5.74, 6) is -0.806. The molecule has 0 aliphatic rings. The predicted octanol–water partition coefficient (Wildman–Crippen LogP) is 4.45. The Balaban J connectivity index is 1.88. The van der Waals surface area contributed by atoms with Crippen molar-refractivity contribution in [3.05, 3.63) is 58.2 Å². The van der Waals surface area contributed by atoms with E-state index in [2.05, 4.69) is 10.3 Å². The van der Waals surface area contributed by atoms with Gasteiger partial charge in [-0.25, -0.2) is 4.98 Å². The molecular formula is C18H18Cl2N2O3. The van der Waals surface area contributed by atoms with E-state index in [1.807, 2.05) is 37.3 Å². The first-order valence-electron chi connectivity index (χ1n) is 7.73. The zero-order chi connectivity index (χ0) is 18.4. The Morgan fingerprint density at radius 3 is 2.52 bits per heavy atom. The van der Waals surface area contributed by atoms with E-state index in [4.69, 9.17) is 27.9 Å². The Kier molecular flexibility index (Phi) is 6.79. The Morgan fingerprint density at radius 2 is 1.88 bits per heavy atom. The number of benzene rings is 1. The van der Waals surface area contributed by atoms with Gasteiger partial charge >= 0.3 is 5.97 Å². The van der Waals surface area contributed by atoms with Crippen molar-refractivity contribution in [1.82, 2.24) is 4.98 Å². The number of carbonyl (C=O) groups excluding carboxylic acids is 2. The van der Waals surface area contributed by atoms with Gasteiger partial charge in [0.15, 0.2) is 11.9 Å². The van der Waals surface area contributed by atoms with Gasteiger partial charge in [0.2, 0.25) is 0 Å². The maximum Gasteiger partial charge on any atom is 0.307 e. The molecule has 2 atom stereocenters. The van der Waals surface area contributed by atoms with Gasteiger partial charge < -0.3 is 10.1 Å². The van der Waals surface area contributed by atoms with E-state index < -0.39 is 18.0 Å². The number of hydrogen-bond donors (Lipinski definition) is 1. The lowest BCUT2D eigenvalue weighted by Crippen LogP contribution is -2.30. The van der Waals surface area contributed by atoms with Gasteiger partial charge in [-0.1, -0.05) is 60.5 Å². The molecule has 0 bridgehead atoms. The molecule has 0 saturated carbocycles. The Hall–Kier alpha value is -2.11. The second kappa shape index (κ2) is 8.83. The number of esters is 1. The van der Waals surface area contributed by atoms with Crippen LogP contribution in [0.15, 0.2) is 42.6 Å². The van der Waals surface area contributed by atoms with E-state index >= 15 is 0 Å². The molecule has 0 aliphatic heterocycles. The van der Waals surface area contributed by atoms with Gasteiger partial charge in [-0.2, -0.15) is 0 Å². The van der Waals surface area contributed by atoms with E-state index in [0.29, 0.717) is 5.02 Å². The van der Waals surface area contributed by atoms with Crippen LogP contribution >= 0.6 is 23.2 Å². The highest BCUT2D eigenvalue weighted by atomic mass is 35.5. The van der Waals surface area contributed by atoms with Crippen molar-refractivity contribution in [3.63, 3.8) is 0 Å². The van der Waals surface area contributed by atoms with Crippen LogP contribution in [0.5, 0.6) is 0 Å². The number of aromatic nitrogens is 1. The van der Waals surface area contributed by atoms with Gasteiger partial charge in [-0.15, -0.1) is 0 Å². The minimum Gasteiger partial charge on any atom is -0.453 e. The van der Waals surface area contributed by atoms with Crippen LogP contribution < -0.4 is 5.32 Å². The van der Waals surface area contributed by atoms with Crippen LogP contribution in [-0.2, 0) is 14.3 Å². The summed E-state index contributed by atoms with van der Waals surface area (Å²) in [6.07, 6.45) is 0.576. The number of anilines is 1. The molecule has 0 aliphatic carbocycles. The summed E-state index contributed by atoms with van der Waals surface area (Å²) in [6, 6.07) is 11.1. The zero-order valence-corrected chi connectivity index (χ0v) is 15.3. The highest BCUT2D eigenvalue weighted by Crippen LogP contribution is 2.23. The van der Waals surface area contributed by atoms with Crippen molar-refractivity contribution in [2.75, 3.05) is 5.32 Å². The molecule has 1 N–H and O–H groups in total. The second-order valence-corrected chi connectivity index (χ2v) is 6.46. The maximum atomic E-state index is 12.1. The predicted molar refractivity (Wildman–Crippen MR) is 97.9 cm³/mol. The number of hydrogen-bond acceptors (Lipinski definition) is 4. The monoisotopic (exact) mass is 380 g/mol. The first-order chi connectivity index (χ1) is 11.9. The number of nitrogens with zero attached hydrogens (tertiary/aromatic N) is 1. The van der Waals surface area contributed by atoms with E-state index in [1.54, 1.807) is 0 Å². The molecular weight excluding hydrogens is 363 g/mol. The van der Waals surface area contributed by atoms with Gasteiger partial charge in [0.1, 0.15) is 0 Å². The van der Waals surface area contributed by atoms with Crippen molar-refractivity contribution < 1.29 is 14.3 Å². The van der Waals surface area contributed by atoms with Crippen LogP contribution in [0.1, 0.15) is 31.7 Å². The summed E-state index contributed by atoms with van der Waals surface area (Å²) < 4.78 is 5.19. The molecule has 1 amide bonds. The van der Waals surface area contributed by atoms with Crippen LogP contribution in [0, 0.1) is 0 Å². The van der Waals surface area contributed by atoms with Crippen LogP contribution in [-0.4, -0.2) is 23.0 Å². The second-order valence-electron chi connectivity index (χ2n) is 5.62. The fraction of sp³-hybridized carbons (Fsp3) is 0.278. The average molecular weight is 381 g/mol. The fourth-order valence-corrected chi connectivity index (χ4v) is 2.60. The third-order valence-corrected chi connectivity index (χ3v) is 4.06. The quantitative estimate of drug-likeness (QED) is 0.751. The summed E-state index contributed by atoms with van der Waals surface area (Å²) in [4.78, 5) is 28.1. The smallest absolute Gasteiger partial charge is 0.307 e. The lowest BCUT2D eigenvalue weighted by molar-refractivity contribution is -0.153. The SMILES string of the molecule is C[C@H](OC(=O)C[C@@H](C)c1ccccc1)C(=O)Nc1ncc(Cl)cc1Cl. The van der Waals surface area contributed by atoms with E-state index in [0.717, 1.165) is 5.56 Å².